The van der Waals surface area contributed by atoms with Gasteiger partial charge in [-0.25, -0.2) is 0 Å². The summed E-state index contributed by atoms with van der Waals surface area (Å²) < 4.78 is 6.81. The number of carbonyl (C=O) groups excluding carboxylic acids is 2. The normalized spacial score (nSPS) is 12.9. The lowest BCUT2D eigenvalue weighted by Crippen LogP contribution is -2.53. The number of carbonyl (C=O) groups is 2. The number of nitrogens with one attached hydrogen (secondary N) is 1. The van der Waals surface area contributed by atoms with Crippen LogP contribution in [0.1, 0.15) is 63.3 Å². The predicted octanol–water partition coefficient (Wildman–Crippen LogP) is 6.99. The maximum atomic E-state index is 13.8. The molecule has 2 atom stereocenters. The Labute approximate surface area is 242 Å². The maximum Gasteiger partial charge on any atom is 0.261 e. The van der Waals surface area contributed by atoms with Crippen molar-refractivity contribution >= 4 is 27.7 Å². The topological polar surface area (TPSA) is 58.6 Å². The molecule has 0 spiro atoms. The van der Waals surface area contributed by atoms with Gasteiger partial charge in [-0.3, -0.25) is 9.59 Å². The van der Waals surface area contributed by atoms with Crippen LogP contribution < -0.4 is 10.1 Å². The average Bonchev–Trinajstić information content (AvgIpc) is 2.90. The molecule has 3 rings (SSSR count). The molecule has 5 nitrogen and oxygen atoms in total. The van der Waals surface area contributed by atoms with Crippen molar-refractivity contribution in [2.45, 2.75) is 78.4 Å². The number of hydrogen-bond acceptors (Lipinski definition) is 3. The number of rotatable bonds is 11. The van der Waals surface area contributed by atoms with Gasteiger partial charge >= 0.3 is 0 Å². The highest BCUT2D eigenvalue weighted by molar-refractivity contribution is 9.10. The third-order valence-corrected chi connectivity index (χ3v) is 7.51. The maximum absolute atomic E-state index is 13.8. The second-order valence-electron chi connectivity index (χ2n) is 11.2. The van der Waals surface area contributed by atoms with Crippen LogP contribution in [0, 0.1) is 6.92 Å². The van der Waals surface area contributed by atoms with E-state index in [4.69, 9.17) is 4.74 Å². The molecular weight excluding hydrogens is 552 g/mol. The lowest BCUT2D eigenvalue weighted by atomic mass is 9.87. The number of benzene rings is 3. The molecule has 39 heavy (non-hydrogen) atoms. The molecule has 0 aliphatic carbocycles. The molecule has 3 aromatic rings. The molecule has 0 saturated carbocycles. The Balaban J connectivity index is 1.91. The van der Waals surface area contributed by atoms with Crippen LogP contribution in [0.4, 0.5) is 0 Å². The first kappa shape index (κ1) is 30.4. The fourth-order valence-electron chi connectivity index (χ4n) is 4.19. The van der Waals surface area contributed by atoms with E-state index in [9.17, 15) is 9.59 Å². The van der Waals surface area contributed by atoms with Crippen LogP contribution in [0.25, 0.3) is 0 Å². The minimum Gasteiger partial charge on any atom is -0.483 e. The third-order valence-electron chi connectivity index (χ3n) is 6.89. The van der Waals surface area contributed by atoms with Crippen molar-refractivity contribution in [1.29, 1.82) is 0 Å². The van der Waals surface area contributed by atoms with Gasteiger partial charge in [-0.2, -0.15) is 0 Å². The van der Waals surface area contributed by atoms with Crippen LogP contribution >= 0.6 is 15.9 Å². The first-order chi connectivity index (χ1) is 18.5. The monoisotopic (exact) mass is 592 g/mol. The zero-order valence-electron chi connectivity index (χ0n) is 24.0. The molecular formula is C33H41BrN2O3. The van der Waals surface area contributed by atoms with Crippen molar-refractivity contribution in [2.75, 3.05) is 6.61 Å². The van der Waals surface area contributed by atoms with E-state index in [0.29, 0.717) is 18.7 Å². The summed E-state index contributed by atoms with van der Waals surface area (Å²) in [7, 11) is 0. The number of halogens is 1. The van der Waals surface area contributed by atoms with Crippen molar-refractivity contribution in [1.82, 2.24) is 10.2 Å². The van der Waals surface area contributed by atoms with Crippen LogP contribution in [0.5, 0.6) is 5.75 Å². The zero-order chi connectivity index (χ0) is 28.6. The molecule has 0 heterocycles. The second-order valence-corrected chi connectivity index (χ2v) is 12.1. The summed E-state index contributed by atoms with van der Waals surface area (Å²) >= 11 is 3.60. The number of ether oxygens (including phenoxy) is 1. The van der Waals surface area contributed by atoms with E-state index in [2.05, 4.69) is 42.0 Å². The minimum atomic E-state index is -0.689. The van der Waals surface area contributed by atoms with Crippen molar-refractivity contribution in [3.05, 3.63) is 99.5 Å². The molecule has 0 fully saturated rings. The van der Waals surface area contributed by atoms with Crippen molar-refractivity contribution in [3.8, 4) is 5.75 Å². The van der Waals surface area contributed by atoms with E-state index < -0.39 is 6.04 Å². The Bertz CT molecular complexity index is 1240. The summed E-state index contributed by atoms with van der Waals surface area (Å²) in [6.45, 7) is 12.6. The zero-order valence-corrected chi connectivity index (χ0v) is 25.5. The lowest BCUT2D eigenvalue weighted by molar-refractivity contribution is -0.143. The molecule has 2 amide bonds. The molecule has 208 valence electrons. The Morgan fingerprint density at radius 2 is 1.64 bits per heavy atom. The van der Waals surface area contributed by atoms with E-state index in [-0.39, 0.29) is 29.9 Å². The molecule has 0 unspecified atom stereocenters. The van der Waals surface area contributed by atoms with Gasteiger partial charge in [-0.15, -0.1) is 0 Å². The first-order valence-corrected chi connectivity index (χ1v) is 14.4. The van der Waals surface area contributed by atoms with Gasteiger partial charge in [-0.1, -0.05) is 93.9 Å². The van der Waals surface area contributed by atoms with Gasteiger partial charge in [0.25, 0.3) is 5.91 Å². The minimum absolute atomic E-state index is 0.000589. The number of aryl methyl sites for hydroxylation is 1. The van der Waals surface area contributed by atoms with E-state index in [0.717, 1.165) is 27.6 Å². The molecule has 3 aromatic carbocycles. The van der Waals surface area contributed by atoms with Crippen LogP contribution in [-0.4, -0.2) is 35.4 Å². The highest BCUT2D eigenvalue weighted by Crippen LogP contribution is 2.31. The summed E-state index contributed by atoms with van der Waals surface area (Å²) in [6, 6.07) is 23.1. The fraction of sp³-hybridized carbons (Fsp3) is 0.394. The Morgan fingerprint density at radius 1 is 0.974 bits per heavy atom. The van der Waals surface area contributed by atoms with Crippen LogP contribution in [0.2, 0.25) is 0 Å². The number of nitrogens with zero attached hydrogens (tertiary/aromatic N) is 1. The standard InChI is InChI=1S/C33H41BrN2O3/c1-7-24(3)35-32(38)29(19-25-11-9-8-10-12-25)36(21-26-15-13-23(2)14-16-26)31(37)22-39-30-18-17-27(20-28(30)34)33(4,5)6/h8-18,20,24,29H,7,19,21-22H2,1-6H3,(H,35,38)/t24-,29-/m1/s1. The van der Waals surface area contributed by atoms with Gasteiger partial charge in [0.05, 0.1) is 4.47 Å². The van der Waals surface area contributed by atoms with Gasteiger partial charge in [0.15, 0.2) is 6.61 Å². The smallest absolute Gasteiger partial charge is 0.261 e. The largest absolute Gasteiger partial charge is 0.483 e. The van der Waals surface area contributed by atoms with Gasteiger partial charge in [0.1, 0.15) is 11.8 Å². The molecule has 0 radical (unpaired) electrons. The van der Waals surface area contributed by atoms with E-state index in [1.807, 2.05) is 93.6 Å². The molecule has 6 heteroatoms. The van der Waals surface area contributed by atoms with Gasteiger partial charge < -0.3 is 15.0 Å². The van der Waals surface area contributed by atoms with Gasteiger partial charge in [0.2, 0.25) is 5.91 Å². The Hall–Kier alpha value is -3.12. The molecule has 0 aliphatic rings. The predicted molar refractivity (Wildman–Crippen MR) is 162 cm³/mol. The summed E-state index contributed by atoms with van der Waals surface area (Å²) in [6.07, 6.45) is 1.21. The van der Waals surface area contributed by atoms with Crippen molar-refractivity contribution < 1.29 is 14.3 Å². The average molecular weight is 594 g/mol. The van der Waals surface area contributed by atoms with Crippen molar-refractivity contribution in [3.63, 3.8) is 0 Å². The third kappa shape index (κ3) is 8.96. The SMILES string of the molecule is CC[C@@H](C)NC(=O)[C@@H](Cc1ccccc1)N(Cc1ccc(C)cc1)C(=O)COc1ccc(C(C)(C)C)cc1Br. The summed E-state index contributed by atoms with van der Waals surface area (Å²) in [5.41, 5.74) is 4.25. The Morgan fingerprint density at radius 3 is 2.23 bits per heavy atom. The second kappa shape index (κ2) is 13.8. The molecule has 0 aromatic heterocycles. The Kier molecular flexibility index (Phi) is 10.8. The van der Waals surface area contributed by atoms with Crippen LogP contribution in [0.3, 0.4) is 0 Å². The lowest BCUT2D eigenvalue weighted by Gasteiger charge is -2.32. The van der Waals surface area contributed by atoms with Gasteiger partial charge in [-0.05, 0) is 70.4 Å². The van der Waals surface area contributed by atoms with E-state index >= 15 is 0 Å². The summed E-state index contributed by atoms with van der Waals surface area (Å²) in [4.78, 5) is 29.1. The fourth-order valence-corrected chi connectivity index (χ4v) is 4.69. The van der Waals surface area contributed by atoms with Crippen LogP contribution in [0.15, 0.2) is 77.3 Å². The van der Waals surface area contributed by atoms with Crippen molar-refractivity contribution in [2.24, 2.45) is 0 Å². The summed E-state index contributed by atoms with van der Waals surface area (Å²) in [5, 5.41) is 3.10. The summed E-state index contributed by atoms with van der Waals surface area (Å²) in [5.74, 6) is 0.183. The van der Waals surface area contributed by atoms with Gasteiger partial charge in [0, 0.05) is 19.0 Å². The highest BCUT2D eigenvalue weighted by Gasteiger charge is 2.31. The number of hydrogen-bond donors (Lipinski definition) is 1. The van der Waals surface area contributed by atoms with E-state index in [1.165, 1.54) is 5.56 Å². The quantitative estimate of drug-likeness (QED) is 0.261. The van der Waals surface area contributed by atoms with Crippen LogP contribution in [-0.2, 0) is 28.0 Å². The molecule has 0 bridgehead atoms. The molecule has 0 saturated heterocycles. The molecule has 1 N–H and O–H groups in total. The van der Waals surface area contributed by atoms with E-state index in [1.54, 1.807) is 4.90 Å². The first-order valence-electron chi connectivity index (χ1n) is 13.6. The molecule has 0 aliphatic heterocycles. The highest BCUT2D eigenvalue weighted by atomic mass is 79.9. The number of amides is 2.